The maximum Gasteiger partial charge on any atom is 0.249 e. The highest BCUT2D eigenvalue weighted by molar-refractivity contribution is 5.80. The van der Waals surface area contributed by atoms with Crippen LogP contribution in [0.3, 0.4) is 0 Å². The van der Waals surface area contributed by atoms with Crippen molar-refractivity contribution in [3.05, 3.63) is 0 Å². The molecule has 0 aromatic heterocycles. The summed E-state index contributed by atoms with van der Waals surface area (Å²) in [5.41, 5.74) is 0. The van der Waals surface area contributed by atoms with Gasteiger partial charge in [-0.15, -0.1) is 0 Å². The largest absolute Gasteiger partial charge is 0.394 e. The van der Waals surface area contributed by atoms with E-state index in [2.05, 4.69) is 19.2 Å². The summed E-state index contributed by atoms with van der Waals surface area (Å²) < 4.78 is 0. The molecule has 3 unspecified atom stereocenters. The predicted octanol–water partition coefficient (Wildman–Crippen LogP) is 10.7. The SMILES string of the molecule is CCCCCCCCCCCCCCCCCCCCCCCCC(O)C(CO)NC(=O)C(O)CCCCCCCCCC. The molecule has 3 atom stereocenters. The Labute approximate surface area is 275 Å². The van der Waals surface area contributed by atoms with Gasteiger partial charge in [-0.25, -0.2) is 0 Å². The first-order valence-electron chi connectivity index (χ1n) is 19.8. The topological polar surface area (TPSA) is 89.8 Å². The first-order valence-corrected chi connectivity index (χ1v) is 19.8. The number of rotatable bonds is 36. The number of hydrogen-bond donors (Lipinski definition) is 4. The Bertz CT molecular complexity index is 572. The maximum atomic E-state index is 12.3. The molecule has 0 aromatic rings. The van der Waals surface area contributed by atoms with Gasteiger partial charge in [-0.05, 0) is 12.8 Å². The van der Waals surface area contributed by atoms with Crippen molar-refractivity contribution in [2.75, 3.05) is 6.61 Å². The van der Waals surface area contributed by atoms with E-state index in [0.717, 1.165) is 32.1 Å². The Kier molecular flexibility index (Phi) is 34.7. The molecule has 0 rings (SSSR count). The molecule has 0 fully saturated rings. The minimum atomic E-state index is -1.06. The van der Waals surface area contributed by atoms with E-state index < -0.39 is 24.2 Å². The normalized spacial score (nSPS) is 13.7. The lowest BCUT2D eigenvalue weighted by Crippen LogP contribution is -2.49. The molecule has 0 aliphatic carbocycles. The lowest BCUT2D eigenvalue weighted by Gasteiger charge is -2.23. The zero-order chi connectivity index (χ0) is 32.4. The van der Waals surface area contributed by atoms with Crippen LogP contribution in [0.5, 0.6) is 0 Å². The highest BCUT2D eigenvalue weighted by Crippen LogP contribution is 2.16. The average Bonchev–Trinajstić information content (AvgIpc) is 3.03. The first-order chi connectivity index (χ1) is 21.6. The summed E-state index contributed by atoms with van der Waals surface area (Å²) in [6, 6.07) is -0.703. The Morgan fingerprint density at radius 1 is 0.455 bits per heavy atom. The number of amides is 1. The van der Waals surface area contributed by atoms with Crippen LogP contribution in [0.1, 0.15) is 219 Å². The number of aliphatic hydroxyl groups is 3. The van der Waals surface area contributed by atoms with Crippen LogP contribution in [0, 0.1) is 0 Å². The fourth-order valence-electron chi connectivity index (χ4n) is 6.31. The molecular weight excluding hydrogens is 546 g/mol. The molecule has 0 aromatic carbocycles. The Balaban J connectivity index is 3.53. The third-order valence-electron chi connectivity index (χ3n) is 9.48. The van der Waals surface area contributed by atoms with Crippen molar-refractivity contribution in [3.8, 4) is 0 Å². The third-order valence-corrected chi connectivity index (χ3v) is 9.48. The molecule has 0 saturated heterocycles. The second-order valence-corrected chi connectivity index (χ2v) is 13.9. The van der Waals surface area contributed by atoms with Crippen LogP contribution in [0.15, 0.2) is 0 Å². The molecule has 1 amide bonds. The predicted molar refractivity (Wildman–Crippen MR) is 190 cm³/mol. The summed E-state index contributed by atoms with van der Waals surface area (Å²) in [6.07, 6.45) is 38.3. The number of aliphatic hydroxyl groups excluding tert-OH is 3. The molecule has 0 heterocycles. The van der Waals surface area contributed by atoms with Crippen molar-refractivity contribution in [1.29, 1.82) is 0 Å². The minimum Gasteiger partial charge on any atom is -0.394 e. The summed E-state index contributed by atoms with van der Waals surface area (Å²) in [5.74, 6) is -0.472. The molecule has 0 spiro atoms. The third kappa shape index (κ3) is 30.0. The molecule has 5 heteroatoms. The van der Waals surface area contributed by atoms with Crippen LogP contribution in [0.25, 0.3) is 0 Å². The monoisotopic (exact) mass is 626 g/mol. The molecule has 0 radical (unpaired) electrons. The van der Waals surface area contributed by atoms with E-state index in [1.807, 2.05) is 0 Å². The number of hydrogen-bond acceptors (Lipinski definition) is 4. The molecular formula is C39H79NO4. The highest BCUT2D eigenvalue weighted by Gasteiger charge is 2.23. The van der Waals surface area contributed by atoms with Gasteiger partial charge in [-0.1, -0.05) is 206 Å². The Hall–Kier alpha value is -0.650. The zero-order valence-electron chi connectivity index (χ0n) is 29.8. The van der Waals surface area contributed by atoms with Crippen molar-refractivity contribution in [1.82, 2.24) is 5.32 Å². The number of nitrogens with one attached hydrogen (secondary N) is 1. The van der Waals surface area contributed by atoms with Crippen LogP contribution >= 0.6 is 0 Å². The number of carbonyl (C=O) groups excluding carboxylic acids is 1. The molecule has 0 aliphatic heterocycles. The second kappa shape index (κ2) is 35.2. The van der Waals surface area contributed by atoms with E-state index in [-0.39, 0.29) is 6.61 Å². The van der Waals surface area contributed by atoms with Crippen molar-refractivity contribution in [2.24, 2.45) is 0 Å². The van der Waals surface area contributed by atoms with Gasteiger partial charge in [0, 0.05) is 0 Å². The van der Waals surface area contributed by atoms with Gasteiger partial charge in [0.15, 0.2) is 0 Å². The van der Waals surface area contributed by atoms with E-state index in [1.165, 1.54) is 161 Å². The molecule has 0 aliphatic rings. The molecule has 5 nitrogen and oxygen atoms in total. The van der Waals surface area contributed by atoms with E-state index in [4.69, 9.17) is 0 Å². The second-order valence-electron chi connectivity index (χ2n) is 13.9. The maximum absolute atomic E-state index is 12.3. The van der Waals surface area contributed by atoms with Crippen molar-refractivity contribution < 1.29 is 20.1 Å². The Morgan fingerprint density at radius 2 is 0.727 bits per heavy atom. The fraction of sp³-hybridized carbons (Fsp3) is 0.974. The van der Waals surface area contributed by atoms with Gasteiger partial charge < -0.3 is 20.6 Å². The van der Waals surface area contributed by atoms with Crippen molar-refractivity contribution >= 4 is 5.91 Å². The van der Waals surface area contributed by atoms with Gasteiger partial charge in [0.25, 0.3) is 0 Å². The molecule has 4 N–H and O–H groups in total. The zero-order valence-corrected chi connectivity index (χ0v) is 29.8. The lowest BCUT2D eigenvalue weighted by atomic mass is 10.0. The molecule has 264 valence electrons. The average molecular weight is 626 g/mol. The number of unbranched alkanes of at least 4 members (excludes halogenated alkanes) is 28. The van der Waals surface area contributed by atoms with Gasteiger partial charge in [-0.3, -0.25) is 4.79 Å². The van der Waals surface area contributed by atoms with Crippen LogP contribution in [0.4, 0.5) is 0 Å². The van der Waals surface area contributed by atoms with Crippen molar-refractivity contribution in [2.45, 2.75) is 238 Å². The van der Waals surface area contributed by atoms with E-state index in [0.29, 0.717) is 12.8 Å². The number of carbonyl (C=O) groups is 1. The quantitative estimate of drug-likeness (QED) is 0.0521. The summed E-state index contributed by atoms with van der Waals surface area (Å²) in [4.78, 5) is 12.3. The summed E-state index contributed by atoms with van der Waals surface area (Å²) in [7, 11) is 0. The van der Waals surface area contributed by atoms with Gasteiger partial charge in [-0.2, -0.15) is 0 Å². The smallest absolute Gasteiger partial charge is 0.249 e. The minimum absolute atomic E-state index is 0.309. The van der Waals surface area contributed by atoms with Crippen LogP contribution in [-0.4, -0.2) is 46.1 Å². The lowest BCUT2D eigenvalue weighted by molar-refractivity contribution is -0.131. The van der Waals surface area contributed by atoms with Crippen LogP contribution in [0.2, 0.25) is 0 Å². The first kappa shape index (κ1) is 43.4. The summed E-state index contributed by atoms with van der Waals surface area (Å²) in [6.45, 7) is 4.20. The van der Waals surface area contributed by atoms with Gasteiger partial charge in [0.1, 0.15) is 6.10 Å². The van der Waals surface area contributed by atoms with Crippen molar-refractivity contribution in [3.63, 3.8) is 0 Å². The molecule has 0 bridgehead atoms. The standard InChI is InChI=1S/C39H79NO4/c1-3-5-7-9-11-13-14-15-16-17-18-19-20-21-22-23-24-25-26-28-29-31-33-37(42)36(35-41)40-39(44)38(43)34-32-30-27-12-10-8-6-4-2/h36-38,41-43H,3-35H2,1-2H3,(H,40,44). The molecule has 44 heavy (non-hydrogen) atoms. The highest BCUT2D eigenvalue weighted by atomic mass is 16.3. The van der Waals surface area contributed by atoms with Crippen LogP contribution < -0.4 is 5.32 Å². The van der Waals surface area contributed by atoms with Gasteiger partial charge >= 0.3 is 0 Å². The van der Waals surface area contributed by atoms with Gasteiger partial charge in [0.05, 0.1) is 18.8 Å². The van der Waals surface area contributed by atoms with E-state index >= 15 is 0 Å². The molecule has 0 saturated carbocycles. The van der Waals surface area contributed by atoms with Gasteiger partial charge in [0.2, 0.25) is 5.91 Å². The summed E-state index contributed by atoms with van der Waals surface area (Å²) >= 11 is 0. The summed E-state index contributed by atoms with van der Waals surface area (Å²) in [5, 5.41) is 33.0. The van der Waals surface area contributed by atoms with E-state index in [9.17, 15) is 20.1 Å². The van der Waals surface area contributed by atoms with E-state index in [1.54, 1.807) is 0 Å². The Morgan fingerprint density at radius 3 is 1.02 bits per heavy atom. The van der Waals surface area contributed by atoms with Crippen LogP contribution in [-0.2, 0) is 4.79 Å². The fourth-order valence-corrected chi connectivity index (χ4v) is 6.31.